The van der Waals surface area contributed by atoms with Crippen LogP contribution in [0, 0.1) is 13.5 Å². The van der Waals surface area contributed by atoms with Gasteiger partial charge in [0.25, 0.3) is 0 Å². The summed E-state index contributed by atoms with van der Waals surface area (Å²) in [7, 11) is 1.39. The molecule has 16 heavy (non-hydrogen) atoms. The average Bonchev–Trinajstić information content (AvgIpc) is 2.30. The van der Waals surface area contributed by atoms with Gasteiger partial charge in [-0.25, -0.2) is 4.85 Å². The van der Waals surface area contributed by atoms with Gasteiger partial charge in [0.2, 0.25) is 0 Å². The minimum absolute atomic E-state index is 0.242. The Morgan fingerprint density at radius 1 is 1.50 bits per heavy atom. The Morgan fingerprint density at radius 2 is 2.19 bits per heavy atom. The van der Waals surface area contributed by atoms with Gasteiger partial charge in [-0.2, -0.15) is 0 Å². The number of hydrogen-bond acceptors (Lipinski definition) is 2. The number of rotatable bonds is 3. The second-order valence-corrected chi connectivity index (χ2v) is 3.62. The molecule has 0 saturated heterocycles. The van der Waals surface area contributed by atoms with Crippen LogP contribution in [-0.4, -0.2) is 13.1 Å². The molecular formula is C13H15NO2. The molecule has 0 bridgehead atoms. The number of esters is 1. The van der Waals surface area contributed by atoms with E-state index in [9.17, 15) is 4.79 Å². The second kappa shape index (κ2) is 5.32. The first-order valence-corrected chi connectivity index (χ1v) is 5.19. The highest BCUT2D eigenvalue weighted by molar-refractivity contribution is 5.74. The van der Waals surface area contributed by atoms with E-state index in [1.807, 2.05) is 26.0 Å². The van der Waals surface area contributed by atoms with Crippen LogP contribution in [0.2, 0.25) is 0 Å². The Morgan fingerprint density at radius 3 is 2.69 bits per heavy atom. The van der Waals surface area contributed by atoms with Crippen molar-refractivity contribution in [1.82, 2.24) is 0 Å². The fraction of sp³-hybridized carbons (Fsp3) is 0.385. The first-order valence-electron chi connectivity index (χ1n) is 5.19. The van der Waals surface area contributed by atoms with E-state index in [1.165, 1.54) is 7.11 Å². The first kappa shape index (κ1) is 12.3. The third-order valence-corrected chi connectivity index (χ3v) is 2.61. The number of nitrogens with zero attached hydrogens (tertiary/aromatic N) is 1. The van der Waals surface area contributed by atoms with Gasteiger partial charge >= 0.3 is 5.97 Å². The van der Waals surface area contributed by atoms with Gasteiger partial charge in [-0.05, 0) is 18.9 Å². The lowest BCUT2D eigenvalue weighted by molar-refractivity contribution is -0.139. The summed E-state index contributed by atoms with van der Waals surface area (Å²) in [5, 5.41) is 0. The predicted molar refractivity (Wildman–Crippen MR) is 62.5 cm³/mol. The molecule has 0 amide bonds. The number of carbonyl (C=O) groups is 1. The second-order valence-electron chi connectivity index (χ2n) is 3.62. The van der Waals surface area contributed by atoms with E-state index < -0.39 is 0 Å². The van der Waals surface area contributed by atoms with Crippen LogP contribution in [-0.2, 0) is 22.4 Å². The quantitative estimate of drug-likeness (QED) is 0.575. The van der Waals surface area contributed by atoms with Crippen molar-refractivity contribution in [2.24, 2.45) is 0 Å². The van der Waals surface area contributed by atoms with E-state index in [-0.39, 0.29) is 12.4 Å². The molecule has 0 aliphatic heterocycles. The maximum absolute atomic E-state index is 11.3. The van der Waals surface area contributed by atoms with Crippen LogP contribution in [0.4, 0.5) is 5.69 Å². The summed E-state index contributed by atoms with van der Waals surface area (Å²) in [6, 6.07) is 3.66. The Labute approximate surface area is 95.9 Å². The highest BCUT2D eigenvalue weighted by atomic mass is 16.5. The normalized spacial score (nSPS) is 9.62. The van der Waals surface area contributed by atoms with Crippen LogP contribution in [0.25, 0.3) is 4.85 Å². The molecule has 0 radical (unpaired) electrons. The number of aryl methyl sites for hydroxylation is 2. The lowest BCUT2D eigenvalue weighted by Gasteiger charge is -2.11. The van der Waals surface area contributed by atoms with Gasteiger partial charge in [0.1, 0.15) is 0 Å². The number of methoxy groups -OCH3 is 1. The van der Waals surface area contributed by atoms with Crippen molar-refractivity contribution >= 4 is 11.7 Å². The Hall–Kier alpha value is -1.82. The molecule has 0 spiro atoms. The van der Waals surface area contributed by atoms with Crippen molar-refractivity contribution in [2.75, 3.05) is 7.11 Å². The lowest BCUT2D eigenvalue weighted by Crippen LogP contribution is -2.08. The number of benzene rings is 1. The fourth-order valence-electron chi connectivity index (χ4n) is 1.72. The van der Waals surface area contributed by atoms with Gasteiger partial charge in [0.15, 0.2) is 5.69 Å². The first-order chi connectivity index (χ1) is 7.62. The molecule has 1 aromatic rings. The summed E-state index contributed by atoms with van der Waals surface area (Å²) < 4.78 is 4.67. The van der Waals surface area contributed by atoms with Gasteiger partial charge < -0.3 is 4.74 Å². The molecule has 0 aliphatic carbocycles. The fourth-order valence-corrected chi connectivity index (χ4v) is 1.72. The molecule has 3 heteroatoms. The maximum atomic E-state index is 11.3. The lowest BCUT2D eigenvalue weighted by atomic mass is 9.96. The number of ether oxygens (including phenoxy) is 1. The van der Waals surface area contributed by atoms with Crippen molar-refractivity contribution in [3.63, 3.8) is 0 Å². The van der Waals surface area contributed by atoms with Gasteiger partial charge in [-0.15, -0.1) is 0 Å². The largest absolute Gasteiger partial charge is 0.469 e. The summed E-state index contributed by atoms with van der Waals surface area (Å²) in [6.07, 6.45) is 1.10. The Balaban J connectivity index is 3.17. The standard InChI is InChI=1S/C13H15NO2/c1-5-10-7-11(14-3)6-9(2)12(10)8-13(15)16-4/h6-7H,5,8H2,1-2,4H3. The zero-order valence-electron chi connectivity index (χ0n) is 9.83. The number of carbonyl (C=O) groups excluding carboxylic acids is 1. The van der Waals surface area contributed by atoms with Crippen LogP contribution in [0.15, 0.2) is 12.1 Å². The third-order valence-electron chi connectivity index (χ3n) is 2.61. The highest BCUT2D eigenvalue weighted by Gasteiger charge is 2.11. The zero-order chi connectivity index (χ0) is 12.1. The summed E-state index contributed by atoms with van der Waals surface area (Å²) in [5.74, 6) is -0.242. The summed E-state index contributed by atoms with van der Waals surface area (Å²) in [5.41, 5.74) is 3.65. The van der Waals surface area contributed by atoms with Gasteiger partial charge in [0.05, 0.1) is 20.1 Å². The van der Waals surface area contributed by atoms with Crippen molar-refractivity contribution in [3.8, 4) is 0 Å². The van der Waals surface area contributed by atoms with E-state index in [0.29, 0.717) is 5.69 Å². The molecule has 3 nitrogen and oxygen atoms in total. The van der Waals surface area contributed by atoms with E-state index in [2.05, 4.69) is 9.58 Å². The van der Waals surface area contributed by atoms with Crippen LogP contribution in [0.5, 0.6) is 0 Å². The molecule has 0 fully saturated rings. The smallest absolute Gasteiger partial charge is 0.309 e. The monoisotopic (exact) mass is 217 g/mol. The summed E-state index contributed by atoms with van der Waals surface area (Å²) in [4.78, 5) is 14.7. The van der Waals surface area contributed by atoms with E-state index in [4.69, 9.17) is 6.57 Å². The zero-order valence-corrected chi connectivity index (χ0v) is 9.83. The highest BCUT2D eigenvalue weighted by Crippen LogP contribution is 2.24. The molecule has 1 rings (SSSR count). The van der Waals surface area contributed by atoms with Crippen molar-refractivity contribution < 1.29 is 9.53 Å². The molecule has 84 valence electrons. The van der Waals surface area contributed by atoms with Crippen molar-refractivity contribution in [3.05, 3.63) is 40.2 Å². The maximum Gasteiger partial charge on any atom is 0.309 e. The van der Waals surface area contributed by atoms with E-state index >= 15 is 0 Å². The van der Waals surface area contributed by atoms with E-state index in [0.717, 1.165) is 23.1 Å². The molecule has 0 aromatic heterocycles. The topological polar surface area (TPSA) is 30.7 Å². The van der Waals surface area contributed by atoms with Crippen LogP contribution >= 0.6 is 0 Å². The van der Waals surface area contributed by atoms with Crippen LogP contribution < -0.4 is 0 Å². The van der Waals surface area contributed by atoms with E-state index in [1.54, 1.807) is 0 Å². The molecular weight excluding hydrogens is 202 g/mol. The molecule has 0 aliphatic rings. The molecule has 0 atom stereocenters. The molecule has 0 heterocycles. The van der Waals surface area contributed by atoms with Gasteiger partial charge in [0, 0.05) is 0 Å². The summed E-state index contributed by atoms with van der Waals surface area (Å²) >= 11 is 0. The van der Waals surface area contributed by atoms with Crippen molar-refractivity contribution in [1.29, 1.82) is 0 Å². The predicted octanol–water partition coefficient (Wildman–Crippen LogP) is 2.82. The van der Waals surface area contributed by atoms with Crippen molar-refractivity contribution in [2.45, 2.75) is 26.7 Å². The average molecular weight is 217 g/mol. The van der Waals surface area contributed by atoms with Crippen LogP contribution in [0.3, 0.4) is 0 Å². The SMILES string of the molecule is [C-]#[N+]c1cc(C)c(CC(=O)OC)c(CC)c1. The molecule has 1 aromatic carbocycles. The minimum atomic E-state index is -0.242. The van der Waals surface area contributed by atoms with Gasteiger partial charge in [-0.1, -0.05) is 30.2 Å². The molecule has 0 N–H and O–H groups in total. The molecule has 0 saturated carbocycles. The Bertz CT molecular complexity index is 444. The Kier molecular flexibility index (Phi) is 4.07. The molecule has 0 unspecified atom stereocenters. The minimum Gasteiger partial charge on any atom is -0.469 e. The van der Waals surface area contributed by atoms with Crippen LogP contribution in [0.1, 0.15) is 23.6 Å². The number of hydrogen-bond donors (Lipinski definition) is 0. The third kappa shape index (κ3) is 2.60. The van der Waals surface area contributed by atoms with Gasteiger partial charge in [-0.3, -0.25) is 4.79 Å². The summed E-state index contributed by atoms with van der Waals surface area (Å²) in [6.45, 7) is 10.9.